The van der Waals surface area contributed by atoms with Crippen LogP contribution < -0.4 is 5.32 Å². The van der Waals surface area contributed by atoms with Crippen molar-refractivity contribution in [2.45, 2.75) is 27.2 Å². The topological polar surface area (TPSA) is 29.1 Å². The van der Waals surface area contributed by atoms with Crippen LogP contribution in [0.2, 0.25) is 0 Å². The number of benzene rings is 1. The van der Waals surface area contributed by atoms with Crippen LogP contribution in [-0.4, -0.2) is 5.91 Å². The lowest BCUT2D eigenvalue weighted by Gasteiger charge is -2.06. The summed E-state index contributed by atoms with van der Waals surface area (Å²) in [5.41, 5.74) is 1.92. The van der Waals surface area contributed by atoms with E-state index in [-0.39, 0.29) is 5.91 Å². The zero-order valence-electron chi connectivity index (χ0n) is 10.2. The fourth-order valence-electron chi connectivity index (χ4n) is 1.41. The summed E-state index contributed by atoms with van der Waals surface area (Å²) in [7, 11) is 0. The van der Waals surface area contributed by atoms with Gasteiger partial charge in [-0.2, -0.15) is 0 Å². The van der Waals surface area contributed by atoms with Crippen molar-refractivity contribution in [3.8, 4) is 0 Å². The molecule has 0 spiro atoms. The van der Waals surface area contributed by atoms with Crippen LogP contribution in [0.25, 0.3) is 6.08 Å². The highest BCUT2D eigenvalue weighted by atomic mass is 16.1. The Labute approximate surface area is 97.4 Å². The quantitative estimate of drug-likeness (QED) is 0.818. The van der Waals surface area contributed by atoms with Crippen molar-refractivity contribution in [2.24, 2.45) is 5.92 Å². The first kappa shape index (κ1) is 12.5. The zero-order valence-corrected chi connectivity index (χ0v) is 10.2. The Morgan fingerprint density at radius 1 is 1.38 bits per heavy atom. The molecule has 1 N–H and O–H groups in total. The number of carbonyl (C=O) groups is 1. The largest absolute Gasteiger partial charge is 0.326 e. The molecule has 0 saturated heterocycles. The lowest BCUT2D eigenvalue weighted by atomic mass is 10.1. The number of hydrogen-bond acceptors (Lipinski definition) is 1. The molecule has 0 aliphatic heterocycles. The Balaban J connectivity index is 2.78. The second kappa shape index (κ2) is 6.11. The van der Waals surface area contributed by atoms with Gasteiger partial charge in [-0.3, -0.25) is 4.79 Å². The highest BCUT2D eigenvalue weighted by Crippen LogP contribution is 2.17. The molecule has 1 amide bonds. The molecule has 0 atom stereocenters. The number of allylic oxidation sites excluding steroid dienone is 1. The van der Waals surface area contributed by atoms with Gasteiger partial charge in [-0.1, -0.05) is 44.2 Å². The third-order valence-corrected chi connectivity index (χ3v) is 2.18. The van der Waals surface area contributed by atoms with Crippen LogP contribution in [0.15, 0.2) is 30.3 Å². The lowest BCUT2D eigenvalue weighted by molar-refractivity contribution is -0.114. The van der Waals surface area contributed by atoms with Crippen molar-refractivity contribution in [1.29, 1.82) is 0 Å². The van der Waals surface area contributed by atoms with Crippen molar-refractivity contribution in [2.75, 3.05) is 5.32 Å². The number of amides is 1. The van der Waals surface area contributed by atoms with Gasteiger partial charge in [0, 0.05) is 12.6 Å². The van der Waals surface area contributed by atoms with Gasteiger partial charge < -0.3 is 5.32 Å². The van der Waals surface area contributed by atoms with Gasteiger partial charge in [0.05, 0.1) is 0 Å². The molecule has 0 bridgehead atoms. The Bertz CT molecular complexity index is 380. The smallest absolute Gasteiger partial charge is 0.221 e. The van der Waals surface area contributed by atoms with Crippen LogP contribution in [0.5, 0.6) is 0 Å². The highest BCUT2D eigenvalue weighted by molar-refractivity contribution is 5.91. The molecule has 1 rings (SSSR count). The van der Waals surface area contributed by atoms with Crippen LogP contribution in [0.4, 0.5) is 5.69 Å². The molecule has 0 heterocycles. The van der Waals surface area contributed by atoms with Gasteiger partial charge in [0.1, 0.15) is 0 Å². The summed E-state index contributed by atoms with van der Waals surface area (Å²) < 4.78 is 0. The van der Waals surface area contributed by atoms with Crippen molar-refractivity contribution in [1.82, 2.24) is 0 Å². The van der Waals surface area contributed by atoms with E-state index in [4.69, 9.17) is 0 Å². The molecule has 2 heteroatoms. The maximum atomic E-state index is 11.0. The Morgan fingerprint density at radius 2 is 2.06 bits per heavy atom. The fourth-order valence-corrected chi connectivity index (χ4v) is 1.41. The SMILES string of the molecule is CC(=O)Nc1ccccc1/C=C/CC(C)C. The average molecular weight is 217 g/mol. The normalized spacial score (nSPS) is 11.0. The second-order valence-corrected chi connectivity index (χ2v) is 4.30. The van der Waals surface area contributed by atoms with Gasteiger partial charge in [-0.25, -0.2) is 0 Å². The van der Waals surface area contributed by atoms with Crippen molar-refractivity contribution in [3.05, 3.63) is 35.9 Å². The van der Waals surface area contributed by atoms with Crippen molar-refractivity contribution in [3.63, 3.8) is 0 Å². The molecule has 86 valence electrons. The molecule has 0 aliphatic rings. The molecule has 0 saturated carbocycles. The van der Waals surface area contributed by atoms with Crippen LogP contribution in [0.3, 0.4) is 0 Å². The Morgan fingerprint density at radius 3 is 2.69 bits per heavy atom. The van der Waals surface area contributed by atoms with Gasteiger partial charge >= 0.3 is 0 Å². The van der Waals surface area contributed by atoms with E-state index in [1.165, 1.54) is 6.92 Å². The van der Waals surface area contributed by atoms with E-state index < -0.39 is 0 Å². The van der Waals surface area contributed by atoms with E-state index in [1.807, 2.05) is 24.3 Å². The number of hydrogen-bond donors (Lipinski definition) is 1. The van der Waals surface area contributed by atoms with E-state index in [2.05, 4.69) is 31.3 Å². The molecule has 2 nitrogen and oxygen atoms in total. The van der Waals surface area contributed by atoms with E-state index in [9.17, 15) is 4.79 Å². The first-order valence-corrected chi connectivity index (χ1v) is 5.62. The summed E-state index contributed by atoms with van der Waals surface area (Å²) in [6.07, 6.45) is 5.25. The lowest BCUT2D eigenvalue weighted by Crippen LogP contribution is -2.06. The first-order chi connectivity index (χ1) is 7.59. The predicted octanol–water partition coefficient (Wildman–Crippen LogP) is 3.70. The van der Waals surface area contributed by atoms with Gasteiger partial charge in [-0.05, 0) is 24.0 Å². The summed E-state index contributed by atoms with van der Waals surface area (Å²) >= 11 is 0. The second-order valence-electron chi connectivity index (χ2n) is 4.30. The number of rotatable bonds is 4. The van der Waals surface area contributed by atoms with Gasteiger partial charge in [0.25, 0.3) is 0 Å². The fraction of sp³-hybridized carbons (Fsp3) is 0.357. The minimum Gasteiger partial charge on any atom is -0.326 e. The highest BCUT2D eigenvalue weighted by Gasteiger charge is 1.99. The third-order valence-electron chi connectivity index (χ3n) is 2.18. The summed E-state index contributed by atoms with van der Waals surface area (Å²) in [4.78, 5) is 11.0. The summed E-state index contributed by atoms with van der Waals surface area (Å²) in [5.74, 6) is 0.619. The maximum absolute atomic E-state index is 11.0. The molecular weight excluding hydrogens is 198 g/mol. The molecule has 0 fully saturated rings. The molecule has 1 aromatic carbocycles. The van der Waals surface area contributed by atoms with Crippen molar-refractivity contribution < 1.29 is 4.79 Å². The monoisotopic (exact) mass is 217 g/mol. The molecular formula is C14H19NO. The molecule has 16 heavy (non-hydrogen) atoms. The predicted molar refractivity (Wildman–Crippen MR) is 69.2 cm³/mol. The number of anilines is 1. The number of nitrogens with one attached hydrogen (secondary N) is 1. The number of carbonyl (C=O) groups excluding carboxylic acids is 1. The molecule has 0 unspecified atom stereocenters. The van der Waals surface area contributed by atoms with E-state index in [1.54, 1.807) is 0 Å². The van der Waals surface area contributed by atoms with E-state index >= 15 is 0 Å². The third kappa shape index (κ3) is 4.30. The van der Waals surface area contributed by atoms with E-state index in [0.717, 1.165) is 17.7 Å². The summed E-state index contributed by atoms with van der Waals surface area (Å²) in [5, 5.41) is 2.82. The number of para-hydroxylation sites is 1. The van der Waals surface area contributed by atoms with Crippen LogP contribution in [0.1, 0.15) is 32.8 Å². The maximum Gasteiger partial charge on any atom is 0.221 e. The van der Waals surface area contributed by atoms with E-state index in [0.29, 0.717) is 5.92 Å². The molecule has 1 aromatic rings. The average Bonchev–Trinajstić information content (AvgIpc) is 2.19. The minimum absolute atomic E-state index is 0.0373. The van der Waals surface area contributed by atoms with Crippen LogP contribution in [0, 0.1) is 5.92 Å². The zero-order chi connectivity index (χ0) is 12.0. The van der Waals surface area contributed by atoms with Crippen LogP contribution in [-0.2, 0) is 4.79 Å². The van der Waals surface area contributed by atoms with Crippen LogP contribution >= 0.6 is 0 Å². The van der Waals surface area contributed by atoms with Crippen molar-refractivity contribution >= 4 is 17.7 Å². The molecule has 0 aliphatic carbocycles. The van der Waals surface area contributed by atoms with Gasteiger partial charge in [0.2, 0.25) is 5.91 Å². The summed E-state index contributed by atoms with van der Waals surface area (Å²) in [6, 6.07) is 7.81. The molecule has 0 aromatic heterocycles. The van der Waals surface area contributed by atoms with Gasteiger partial charge in [-0.15, -0.1) is 0 Å². The van der Waals surface area contributed by atoms with Gasteiger partial charge in [0.15, 0.2) is 0 Å². The molecule has 0 radical (unpaired) electrons. The first-order valence-electron chi connectivity index (χ1n) is 5.62. The Kier molecular flexibility index (Phi) is 4.77. The summed E-state index contributed by atoms with van der Waals surface area (Å²) in [6.45, 7) is 5.89. The Hall–Kier alpha value is -1.57. The minimum atomic E-state index is -0.0373. The standard InChI is InChI=1S/C14H19NO/c1-11(2)7-6-9-13-8-4-5-10-14(13)15-12(3)16/h4-6,8-11H,7H2,1-3H3,(H,15,16)/b9-6+.